The van der Waals surface area contributed by atoms with Crippen LogP contribution in [0.25, 0.3) is 0 Å². The monoisotopic (exact) mass is 450 g/mol. The Balaban J connectivity index is 0.00000364. The van der Waals surface area contributed by atoms with Gasteiger partial charge < -0.3 is 9.84 Å². The largest absolute Gasteiger partial charge is 0.464 e. The summed E-state index contributed by atoms with van der Waals surface area (Å²) < 4.78 is 34.1. The molecule has 0 saturated heterocycles. The third-order valence-electron chi connectivity index (χ3n) is 4.06. The second kappa shape index (κ2) is 9.62. The van der Waals surface area contributed by atoms with Crippen LogP contribution in [0.2, 0.25) is 0 Å². The predicted octanol–water partition coefficient (Wildman–Crippen LogP) is 3.19. The van der Waals surface area contributed by atoms with Crippen molar-refractivity contribution in [2.45, 2.75) is 32.3 Å². The fourth-order valence-corrected chi connectivity index (χ4v) is 3.03. The number of carbonyl (C=O) groups is 2. The number of halogens is 2. The smallest absolute Gasteiger partial charge is 0.344 e. The van der Waals surface area contributed by atoms with Gasteiger partial charge in [-0.2, -0.15) is 30.3 Å². The Labute approximate surface area is 181 Å². The molecule has 0 amide bonds. The molecule has 0 saturated carbocycles. The maximum absolute atomic E-state index is 14.6. The molecule has 0 bridgehead atoms. The van der Waals surface area contributed by atoms with E-state index in [-0.39, 0.29) is 50.4 Å². The number of carbonyl (C=O) groups excluding carboxylic acids is 2. The Morgan fingerprint density at radius 1 is 1.22 bits per heavy atom. The maximum Gasteiger partial charge on any atom is 0.344 e. The first-order valence-electron chi connectivity index (χ1n) is 8.05. The van der Waals surface area contributed by atoms with Crippen LogP contribution in [-0.2, 0) is 52.6 Å². The fourth-order valence-electron chi connectivity index (χ4n) is 3.03. The van der Waals surface area contributed by atoms with Crippen LogP contribution in [0.3, 0.4) is 0 Å². The van der Waals surface area contributed by atoms with Gasteiger partial charge in [0, 0.05) is 32.7 Å². The number of Topliss-reactive ketones (excluding diaryl/α,β-unsaturated/α-hetero) is 1. The summed E-state index contributed by atoms with van der Waals surface area (Å²) in [5, 5.41) is 11.2. The van der Waals surface area contributed by atoms with Crippen LogP contribution in [0, 0.1) is 24.6 Å². The van der Waals surface area contributed by atoms with Crippen LogP contribution in [0.4, 0.5) is 8.78 Å². The summed E-state index contributed by atoms with van der Waals surface area (Å²) in [6.07, 6.45) is 0. The minimum atomic E-state index is -2.86. The van der Waals surface area contributed by atoms with E-state index in [1.165, 1.54) is 38.1 Å². The third-order valence-corrected chi connectivity index (χ3v) is 4.06. The van der Waals surface area contributed by atoms with Crippen molar-refractivity contribution in [2.24, 2.45) is 0 Å². The van der Waals surface area contributed by atoms with Crippen molar-refractivity contribution in [3.63, 3.8) is 0 Å². The van der Waals surface area contributed by atoms with Crippen molar-refractivity contribution in [1.29, 1.82) is 0 Å². The summed E-state index contributed by atoms with van der Waals surface area (Å²) in [6, 6.07) is 10.5. The molecule has 0 fully saturated rings. The number of esters is 1. The second-order valence-corrected chi connectivity index (χ2v) is 5.97. The molecule has 1 radical (unpaired) electrons. The van der Waals surface area contributed by atoms with E-state index in [0.29, 0.717) is 0 Å². The summed E-state index contributed by atoms with van der Waals surface area (Å²) in [6.45, 7) is 3.95. The predicted molar refractivity (Wildman–Crippen MR) is 90.3 cm³/mol. The van der Waals surface area contributed by atoms with Crippen LogP contribution in [0.5, 0.6) is 0 Å². The molecule has 2 aromatic rings. The summed E-state index contributed by atoms with van der Waals surface area (Å²) in [5.41, 5.74) is -3.28. The number of aryl methyl sites for hydroxylation is 1. The van der Waals surface area contributed by atoms with Gasteiger partial charge in [0.05, 0.1) is 18.1 Å². The molecule has 1 N–H and O–H groups in total. The number of hydrogen-bond acceptors (Lipinski definition) is 4. The van der Waals surface area contributed by atoms with Crippen molar-refractivity contribution in [2.75, 3.05) is 6.61 Å². The van der Waals surface area contributed by atoms with Crippen molar-refractivity contribution in [3.05, 3.63) is 70.8 Å². The Kier molecular flexibility index (Phi) is 8.39. The van der Waals surface area contributed by atoms with Crippen molar-refractivity contribution in [3.8, 4) is 0 Å². The van der Waals surface area contributed by atoms with E-state index in [1.807, 2.05) is 0 Å². The molecule has 0 spiro atoms. The average molecular weight is 450 g/mol. The SMILES string of the molecule is CCOC(=O)C(O)(c1c(F)cc(C)cc1F)C(C(C)=O)c1cc[c-]cc1.[Y]. The average Bonchev–Trinajstić information content (AvgIpc) is 2.54. The van der Waals surface area contributed by atoms with Gasteiger partial charge in [-0.15, -0.1) is 5.56 Å². The van der Waals surface area contributed by atoms with Crippen molar-refractivity contribution in [1.82, 2.24) is 0 Å². The number of ether oxygens (including phenoxy) is 1. The van der Waals surface area contributed by atoms with Gasteiger partial charge >= 0.3 is 5.97 Å². The van der Waals surface area contributed by atoms with E-state index in [9.17, 15) is 23.5 Å². The summed E-state index contributed by atoms with van der Waals surface area (Å²) in [5.74, 6) is -5.76. The van der Waals surface area contributed by atoms with Crippen LogP contribution < -0.4 is 0 Å². The first kappa shape index (κ1) is 23.5. The molecule has 141 valence electrons. The zero-order valence-electron chi connectivity index (χ0n) is 15.3. The number of benzene rings is 2. The molecule has 0 heterocycles. The minimum Gasteiger partial charge on any atom is -0.464 e. The molecular weight excluding hydrogens is 431 g/mol. The Hall–Kier alpha value is -1.50. The van der Waals surface area contributed by atoms with E-state index < -0.39 is 40.5 Å². The Bertz CT molecular complexity index is 803. The van der Waals surface area contributed by atoms with Crippen molar-refractivity contribution < 1.29 is 60.9 Å². The summed E-state index contributed by atoms with van der Waals surface area (Å²) in [7, 11) is 0. The standard InChI is InChI=1S/C20H19F2O4.Y/c1-4-26-19(24)20(25,18-15(21)10-12(2)11-16(18)22)17(13(3)23)14-8-6-5-7-9-14;/h6-11,17,25H,4H2,1-3H3;/q-1;. The van der Waals surface area contributed by atoms with Gasteiger partial charge in [0.25, 0.3) is 0 Å². The zero-order chi connectivity index (χ0) is 19.5. The summed E-state index contributed by atoms with van der Waals surface area (Å²) in [4.78, 5) is 24.9. The van der Waals surface area contributed by atoms with Gasteiger partial charge in [0.2, 0.25) is 5.60 Å². The van der Waals surface area contributed by atoms with E-state index in [1.54, 1.807) is 0 Å². The number of aliphatic hydroxyl groups is 1. The van der Waals surface area contributed by atoms with Gasteiger partial charge in [-0.1, -0.05) is 0 Å². The number of rotatable bonds is 6. The number of hydrogen-bond donors (Lipinski definition) is 1. The van der Waals surface area contributed by atoms with Crippen LogP contribution in [-0.4, -0.2) is 23.5 Å². The molecular formula is C20H19F2O4Y-. The van der Waals surface area contributed by atoms with Crippen LogP contribution in [0.1, 0.15) is 36.5 Å². The van der Waals surface area contributed by atoms with Gasteiger partial charge in [0.15, 0.2) is 0 Å². The molecule has 2 unspecified atom stereocenters. The van der Waals surface area contributed by atoms with Crippen LogP contribution in [0.15, 0.2) is 36.4 Å². The van der Waals surface area contributed by atoms with Gasteiger partial charge in [-0.3, -0.25) is 4.79 Å². The molecule has 2 aromatic carbocycles. The van der Waals surface area contributed by atoms with E-state index in [2.05, 4.69) is 6.07 Å². The molecule has 2 rings (SSSR count). The van der Waals surface area contributed by atoms with E-state index in [4.69, 9.17) is 4.74 Å². The zero-order valence-corrected chi connectivity index (χ0v) is 18.1. The molecule has 0 aliphatic heterocycles. The Morgan fingerprint density at radius 2 is 1.74 bits per heavy atom. The van der Waals surface area contributed by atoms with E-state index in [0.717, 1.165) is 19.1 Å². The molecule has 4 nitrogen and oxygen atoms in total. The maximum atomic E-state index is 14.6. The van der Waals surface area contributed by atoms with Gasteiger partial charge in [0.1, 0.15) is 17.4 Å². The molecule has 2 atom stereocenters. The molecule has 0 aliphatic rings. The third kappa shape index (κ3) is 4.68. The minimum absolute atomic E-state index is 0. The quantitative estimate of drug-likeness (QED) is 0.543. The van der Waals surface area contributed by atoms with Gasteiger partial charge in [-0.25, -0.2) is 13.6 Å². The fraction of sp³-hybridized carbons (Fsp3) is 0.300. The molecule has 27 heavy (non-hydrogen) atoms. The van der Waals surface area contributed by atoms with Crippen LogP contribution >= 0.6 is 0 Å². The first-order chi connectivity index (χ1) is 12.2. The molecule has 7 heteroatoms. The van der Waals surface area contributed by atoms with Crippen molar-refractivity contribution >= 4 is 11.8 Å². The second-order valence-electron chi connectivity index (χ2n) is 5.97. The summed E-state index contributed by atoms with van der Waals surface area (Å²) >= 11 is 0. The first-order valence-corrected chi connectivity index (χ1v) is 8.05. The molecule has 0 aromatic heterocycles. The molecule has 0 aliphatic carbocycles. The van der Waals surface area contributed by atoms with Gasteiger partial charge in [-0.05, 0) is 38.5 Å². The number of ketones is 1. The topological polar surface area (TPSA) is 63.6 Å². The normalized spacial score (nSPS) is 13.9. The Morgan fingerprint density at radius 3 is 2.19 bits per heavy atom. The van der Waals surface area contributed by atoms with E-state index >= 15 is 0 Å².